The Bertz CT molecular complexity index is 850. The fourth-order valence-electron chi connectivity index (χ4n) is 2.77. The Balaban J connectivity index is 1.83. The average molecular weight is 357 g/mol. The summed E-state index contributed by atoms with van der Waals surface area (Å²) in [5.41, 5.74) is 1.96. The number of halogens is 3. The molecule has 2 aromatic rings. The van der Waals surface area contributed by atoms with Crippen molar-refractivity contribution in [1.29, 1.82) is 0 Å². The molecule has 0 radical (unpaired) electrons. The number of benzene rings is 2. The predicted molar refractivity (Wildman–Crippen MR) is 81.0 cm³/mol. The molecule has 24 heavy (non-hydrogen) atoms. The molecule has 0 bridgehead atoms. The minimum absolute atomic E-state index is 0.270. The lowest BCUT2D eigenvalue weighted by atomic mass is 10.1. The van der Waals surface area contributed by atoms with Gasteiger partial charge in [-0.25, -0.2) is 13.1 Å². The van der Waals surface area contributed by atoms with Crippen LogP contribution in [0.25, 0.3) is 0 Å². The molecule has 0 fully saturated rings. The normalized spacial score (nSPS) is 17.5. The van der Waals surface area contributed by atoms with Gasteiger partial charge in [0.1, 0.15) is 5.75 Å². The highest BCUT2D eigenvalue weighted by Gasteiger charge is 2.32. The fourth-order valence-corrected chi connectivity index (χ4v) is 4.06. The summed E-state index contributed by atoms with van der Waals surface area (Å²) in [6.07, 6.45) is -3.52. The third-order valence-electron chi connectivity index (χ3n) is 3.78. The highest BCUT2D eigenvalue weighted by Crippen LogP contribution is 2.32. The third kappa shape index (κ3) is 3.70. The van der Waals surface area contributed by atoms with Crippen molar-refractivity contribution in [3.63, 3.8) is 0 Å². The van der Waals surface area contributed by atoms with Crippen LogP contribution >= 0.6 is 0 Å². The molecule has 0 spiro atoms. The van der Waals surface area contributed by atoms with Gasteiger partial charge in [0.15, 0.2) is 0 Å². The monoisotopic (exact) mass is 357 g/mol. The lowest BCUT2D eigenvalue weighted by Crippen LogP contribution is -2.27. The van der Waals surface area contributed by atoms with Crippen molar-refractivity contribution in [1.82, 2.24) is 4.72 Å². The molecule has 8 heteroatoms. The topological polar surface area (TPSA) is 55.4 Å². The van der Waals surface area contributed by atoms with Crippen molar-refractivity contribution in [2.45, 2.75) is 30.1 Å². The molecule has 128 valence electrons. The van der Waals surface area contributed by atoms with Gasteiger partial charge < -0.3 is 4.74 Å². The summed E-state index contributed by atoms with van der Waals surface area (Å²) < 4.78 is 68.1. The van der Waals surface area contributed by atoms with Gasteiger partial charge in [-0.2, -0.15) is 0 Å². The van der Waals surface area contributed by atoms with Crippen LogP contribution in [0.15, 0.2) is 53.4 Å². The van der Waals surface area contributed by atoms with Gasteiger partial charge >= 0.3 is 6.36 Å². The van der Waals surface area contributed by atoms with Gasteiger partial charge in [0.25, 0.3) is 0 Å². The molecular formula is C16H14F3NO3S. The summed E-state index contributed by atoms with van der Waals surface area (Å²) in [6, 6.07) is 11.4. The summed E-state index contributed by atoms with van der Waals surface area (Å²) in [5.74, 6) is -0.572. The maximum Gasteiger partial charge on any atom is 0.573 e. The number of hydrogen-bond donors (Lipinski definition) is 1. The molecule has 0 amide bonds. The SMILES string of the molecule is O=S(=O)(NC1CCc2ccccc21)c1cccc(OC(F)(F)F)c1. The third-order valence-corrected chi connectivity index (χ3v) is 5.25. The van der Waals surface area contributed by atoms with Gasteiger partial charge in [0.2, 0.25) is 10.0 Å². The smallest absolute Gasteiger partial charge is 0.406 e. The summed E-state index contributed by atoms with van der Waals surface area (Å²) in [7, 11) is -3.96. The quantitative estimate of drug-likeness (QED) is 0.910. The number of alkyl halides is 3. The maximum absolute atomic E-state index is 12.5. The number of fused-ring (bicyclic) bond motifs is 1. The lowest BCUT2D eigenvalue weighted by molar-refractivity contribution is -0.274. The Morgan fingerprint density at radius 1 is 1.08 bits per heavy atom. The molecule has 0 aliphatic heterocycles. The molecule has 3 rings (SSSR count). The second-order valence-electron chi connectivity index (χ2n) is 5.43. The van der Waals surface area contributed by atoms with E-state index in [1.54, 1.807) is 0 Å². The van der Waals surface area contributed by atoms with Crippen LogP contribution in [-0.4, -0.2) is 14.8 Å². The van der Waals surface area contributed by atoms with Crippen molar-refractivity contribution < 1.29 is 26.3 Å². The van der Waals surface area contributed by atoms with Gasteiger partial charge in [-0.15, -0.1) is 13.2 Å². The molecule has 0 aromatic heterocycles. The zero-order valence-corrected chi connectivity index (χ0v) is 13.2. The van der Waals surface area contributed by atoms with Gasteiger partial charge in [-0.05, 0) is 36.1 Å². The van der Waals surface area contributed by atoms with Crippen molar-refractivity contribution in [3.8, 4) is 5.75 Å². The van der Waals surface area contributed by atoms with E-state index in [1.165, 1.54) is 12.1 Å². The second kappa shape index (κ2) is 6.10. The molecule has 1 atom stereocenters. The van der Waals surface area contributed by atoms with Gasteiger partial charge in [-0.3, -0.25) is 0 Å². The lowest BCUT2D eigenvalue weighted by Gasteiger charge is -2.15. The van der Waals surface area contributed by atoms with Gasteiger partial charge in [-0.1, -0.05) is 30.3 Å². The highest BCUT2D eigenvalue weighted by atomic mass is 32.2. The number of hydrogen-bond acceptors (Lipinski definition) is 3. The van der Waals surface area contributed by atoms with E-state index in [9.17, 15) is 21.6 Å². The summed E-state index contributed by atoms with van der Waals surface area (Å²) in [5, 5.41) is 0. The van der Waals surface area contributed by atoms with Crippen LogP contribution in [0.5, 0.6) is 5.75 Å². The van der Waals surface area contributed by atoms with E-state index in [-0.39, 0.29) is 4.90 Å². The van der Waals surface area contributed by atoms with E-state index in [0.29, 0.717) is 6.42 Å². The maximum atomic E-state index is 12.5. The van der Waals surface area contributed by atoms with Crippen LogP contribution in [0.3, 0.4) is 0 Å². The van der Waals surface area contributed by atoms with Crippen LogP contribution in [-0.2, 0) is 16.4 Å². The molecular weight excluding hydrogens is 343 g/mol. The Morgan fingerprint density at radius 2 is 1.83 bits per heavy atom. The van der Waals surface area contributed by atoms with Gasteiger partial charge in [0, 0.05) is 12.1 Å². The zero-order valence-electron chi connectivity index (χ0n) is 12.4. The van der Waals surface area contributed by atoms with Crippen LogP contribution in [0.4, 0.5) is 13.2 Å². The van der Waals surface area contributed by atoms with Crippen LogP contribution in [0, 0.1) is 0 Å². The first kappa shape index (κ1) is 16.8. The molecule has 0 heterocycles. The Hall–Kier alpha value is -2.06. The number of nitrogens with one attached hydrogen (secondary N) is 1. The summed E-state index contributed by atoms with van der Waals surface area (Å²) >= 11 is 0. The van der Waals surface area contributed by atoms with Crippen LogP contribution < -0.4 is 9.46 Å². The Kier molecular flexibility index (Phi) is 4.27. The number of sulfonamides is 1. The summed E-state index contributed by atoms with van der Waals surface area (Å²) in [4.78, 5) is -0.270. The minimum Gasteiger partial charge on any atom is -0.406 e. The van der Waals surface area contributed by atoms with E-state index in [0.717, 1.165) is 29.7 Å². The molecule has 0 saturated heterocycles. The number of rotatable bonds is 4. The molecule has 2 aromatic carbocycles. The molecule has 4 nitrogen and oxygen atoms in total. The van der Waals surface area contributed by atoms with E-state index < -0.39 is 28.2 Å². The Morgan fingerprint density at radius 3 is 2.58 bits per heavy atom. The molecule has 1 N–H and O–H groups in total. The number of ether oxygens (including phenoxy) is 1. The predicted octanol–water partition coefficient (Wildman–Crippen LogP) is 3.55. The minimum atomic E-state index is -4.87. The van der Waals surface area contributed by atoms with E-state index in [1.807, 2.05) is 24.3 Å². The largest absolute Gasteiger partial charge is 0.573 e. The van der Waals surface area contributed by atoms with Crippen molar-refractivity contribution in [2.75, 3.05) is 0 Å². The van der Waals surface area contributed by atoms with Crippen LogP contribution in [0.1, 0.15) is 23.6 Å². The average Bonchev–Trinajstić information content (AvgIpc) is 2.89. The zero-order chi connectivity index (χ0) is 17.4. The second-order valence-corrected chi connectivity index (χ2v) is 7.15. The standard InChI is InChI=1S/C16H14F3NO3S/c17-16(18,19)23-12-5-3-6-13(10-12)24(21,22)20-15-9-8-11-4-1-2-7-14(11)15/h1-7,10,15,20H,8-9H2. The van der Waals surface area contributed by atoms with Crippen LogP contribution in [0.2, 0.25) is 0 Å². The van der Waals surface area contributed by atoms with Crippen molar-refractivity contribution in [3.05, 3.63) is 59.7 Å². The molecule has 1 unspecified atom stereocenters. The highest BCUT2D eigenvalue weighted by molar-refractivity contribution is 7.89. The molecule has 1 aliphatic carbocycles. The Labute approximate surface area is 137 Å². The first-order chi connectivity index (χ1) is 11.2. The van der Waals surface area contributed by atoms with Crippen molar-refractivity contribution in [2.24, 2.45) is 0 Å². The first-order valence-electron chi connectivity index (χ1n) is 7.20. The van der Waals surface area contributed by atoms with E-state index in [2.05, 4.69) is 9.46 Å². The van der Waals surface area contributed by atoms with Gasteiger partial charge in [0.05, 0.1) is 4.90 Å². The number of aryl methyl sites for hydroxylation is 1. The fraction of sp³-hybridized carbons (Fsp3) is 0.250. The van der Waals surface area contributed by atoms with E-state index >= 15 is 0 Å². The first-order valence-corrected chi connectivity index (χ1v) is 8.69. The summed E-state index contributed by atoms with van der Waals surface area (Å²) in [6.45, 7) is 0. The van der Waals surface area contributed by atoms with Crippen molar-refractivity contribution >= 4 is 10.0 Å². The van der Waals surface area contributed by atoms with E-state index in [4.69, 9.17) is 0 Å². The molecule has 0 saturated carbocycles. The molecule has 1 aliphatic rings.